The van der Waals surface area contributed by atoms with Gasteiger partial charge in [0.2, 0.25) is 5.91 Å². The predicted molar refractivity (Wildman–Crippen MR) is 142 cm³/mol. The normalized spacial score (nSPS) is 11.8. The molecule has 1 heterocycles. The van der Waals surface area contributed by atoms with Crippen molar-refractivity contribution < 1.29 is 14.6 Å². The number of H-pyrrole nitrogens is 1. The number of benzene rings is 3. The molecular formula is C27H27ClN4O3. The summed E-state index contributed by atoms with van der Waals surface area (Å²) in [4.78, 5) is 23.9. The van der Waals surface area contributed by atoms with Crippen LogP contribution in [0.4, 0.5) is 11.4 Å². The van der Waals surface area contributed by atoms with Crippen LogP contribution in [0.2, 0.25) is 5.02 Å². The number of amides is 1. The highest BCUT2D eigenvalue weighted by atomic mass is 35.5. The van der Waals surface area contributed by atoms with E-state index in [0.29, 0.717) is 38.9 Å². The molecule has 0 aliphatic rings. The summed E-state index contributed by atoms with van der Waals surface area (Å²) in [6, 6.07) is 20.4. The maximum absolute atomic E-state index is 12.6. The summed E-state index contributed by atoms with van der Waals surface area (Å²) in [5.74, 6) is 0.461. The smallest absolute Gasteiger partial charge is 0.240 e. The van der Waals surface area contributed by atoms with Gasteiger partial charge in [-0.3, -0.25) is 4.79 Å². The van der Waals surface area contributed by atoms with Crippen LogP contribution in [-0.2, 0) is 4.79 Å². The topological polar surface area (TPSA) is 81.2 Å². The number of aliphatic imine (C=N–C) groups is 1. The highest BCUT2D eigenvalue weighted by molar-refractivity contribution is 6.31. The molecule has 0 unspecified atom stereocenters. The third-order valence-corrected chi connectivity index (χ3v) is 5.85. The van der Waals surface area contributed by atoms with E-state index in [4.69, 9.17) is 21.3 Å². The SMILES string of the molecule is COc1cc(N=C(c2ccccc2)c2c(O)[nH]c3cc(Cl)ccc23)ccc1N(C)C(=O)CN(C)C. The fourth-order valence-corrected chi connectivity index (χ4v) is 4.08. The van der Waals surface area contributed by atoms with Crippen LogP contribution in [0.25, 0.3) is 10.9 Å². The van der Waals surface area contributed by atoms with Gasteiger partial charge in [-0.1, -0.05) is 48.0 Å². The molecule has 1 amide bonds. The Labute approximate surface area is 209 Å². The molecule has 0 bridgehead atoms. The van der Waals surface area contributed by atoms with E-state index in [9.17, 15) is 9.90 Å². The van der Waals surface area contributed by atoms with Gasteiger partial charge >= 0.3 is 0 Å². The molecule has 1 aromatic heterocycles. The number of aromatic nitrogens is 1. The van der Waals surface area contributed by atoms with Crippen LogP contribution in [-0.4, -0.2) is 61.4 Å². The van der Waals surface area contributed by atoms with Crippen molar-refractivity contribution in [2.75, 3.05) is 39.7 Å². The summed E-state index contributed by atoms with van der Waals surface area (Å²) in [6.45, 7) is 0.279. The van der Waals surface area contributed by atoms with Gasteiger partial charge in [0.25, 0.3) is 0 Å². The lowest BCUT2D eigenvalue weighted by molar-refractivity contribution is -0.118. The molecule has 3 aromatic carbocycles. The Morgan fingerprint density at radius 1 is 1.06 bits per heavy atom. The molecule has 0 radical (unpaired) electrons. The number of methoxy groups -OCH3 is 1. The number of carbonyl (C=O) groups excluding carboxylic acids is 1. The molecule has 0 saturated carbocycles. The minimum absolute atomic E-state index is 0.00229. The fourth-order valence-electron chi connectivity index (χ4n) is 3.91. The summed E-state index contributed by atoms with van der Waals surface area (Å²) in [5.41, 5.74) is 3.96. The van der Waals surface area contributed by atoms with Crippen molar-refractivity contribution in [3.05, 3.63) is 82.9 Å². The molecule has 0 aliphatic heterocycles. The minimum Gasteiger partial charge on any atom is -0.494 e. The number of halogens is 1. The van der Waals surface area contributed by atoms with Crippen LogP contribution in [0.15, 0.2) is 71.7 Å². The van der Waals surface area contributed by atoms with E-state index < -0.39 is 0 Å². The Bertz CT molecular complexity index is 1400. The van der Waals surface area contributed by atoms with E-state index in [1.165, 1.54) is 0 Å². The van der Waals surface area contributed by atoms with Crippen LogP contribution in [0.1, 0.15) is 11.1 Å². The maximum Gasteiger partial charge on any atom is 0.240 e. The number of hydrogen-bond donors (Lipinski definition) is 2. The number of carbonyl (C=O) groups is 1. The van der Waals surface area contributed by atoms with Gasteiger partial charge in [-0.2, -0.15) is 0 Å². The predicted octanol–water partition coefficient (Wildman–Crippen LogP) is 5.23. The lowest BCUT2D eigenvalue weighted by atomic mass is 10.0. The van der Waals surface area contributed by atoms with Crippen LogP contribution in [0.5, 0.6) is 11.6 Å². The van der Waals surface area contributed by atoms with E-state index in [1.807, 2.05) is 67.5 Å². The lowest BCUT2D eigenvalue weighted by Crippen LogP contribution is -2.35. The molecule has 0 fully saturated rings. The minimum atomic E-state index is -0.0584. The Balaban J connectivity index is 1.84. The molecule has 0 spiro atoms. The third kappa shape index (κ3) is 5.16. The average molecular weight is 491 g/mol. The number of nitrogens with zero attached hydrogens (tertiary/aromatic N) is 3. The van der Waals surface area contributed by atoms with E-state index in [2.05, 4.69) is 4.98 Å². The first-order valence-corrected chi connectivity index (χ1v) is 11.4. The summed E-state index contributed by atoms with van der Waals surface area (Å²) >= 11 is 6.15. The van der Waals surface area contributed by atoms with Gasteiger partial charge in [-0.25, -0.2) is 4.99 Å². The van der Waals surface area contributed by atoms with Gasteiger partial charge in [0, 0.05) is 29.1 Å². The van der Waals surface area contributed by atoms with E-state index in [-0.39, 0.29) is 18.3 Å². The van der Waals surface area contributed by atoms with Gasteiger partial charge in [0.05, 0.1) is 41.8 Å². The molecule has 0 saturated heterocycles. The van der Waals surface area contributed by atoms with Gasteiger partial charge in [-0.15, -0.1) is 0 Å². The molecular weight excluding hydrogens is 464 g/mol. The van der Waals surface area contributed by atoms with Crippen LogP contribution in [0, 0.1) is 0 Å². The first-order valence-electron chi connectivity index (χ1n) is 11.0. The highest BCUT2D eigenvalue weighted by Crippen LogP contribution is 2.35. The van der Waals surface area contributed by atoms with Gasteiger partial charge in [0.1, 0.15) is 5.75 Å². The maximum atomic E-state index is 12.6. The molecule has 7 nitrogen and oxygen atoms in total. The summed E-state index contributed by atoms with van der Waals surface area (Å²) < 4.78 is 5.60. The Morgan fingerprint density at radius 3 is 2.49 bits per heavy atom. The second-order valence-corrected chi connectivity index (χ2v) is 8.85. The zero-order chi connectivity index (χ0) is 25.1. The number of rotatable bonds is 7. The fraction of sp³-hybridized carbons (Fsp3) is 0.185. The van der Waals surface area contributed by atoms with E-state index >= 15 is 0 Å². The zero-order valence-electron chi connectivity index (χ0n) is 20.0. The summed E-state index contributed by atoms with van der Waals surface area (Å²) in [7, 11) is 6.97. The molecule has 2 N–H and O–H groups in total. The van der Waals surface area contributed by atoms with Crippen molar-refractivity contribution in [3.63, 3.8) is 0 Å². The van der Waals surface area contributed by atoms with Crippen molar-refractivity contribution in [1.29, 1.82) is 0 Å². The number of ether oxygens (including phenoxy) is 1. The Hall–Kier alpha value is -3.81. The number of aromatic hydroxyl groups is 1. The number of aromatic amines is 1. The first-order chi connectivity index (χ1) is 16.8. The largest absolute Gasteiger partial charge is 0.494 e. The Kier molecular flexibility index (Phi) is 7.10. The van der Waals surface area contributed by atoms with Crippen LogP contribution >= 0.6 is 11.6 Å². The summed E-state index contributed by atoms with van der Waals surface area (Å²) in [6.07, 6.45) is 0. The van der Waals surface area contributed by atoms with Crippen LogP contribution < -0.4 is 9.64 Å². The number of nitrogens with one attached hydrogen (secondary N) is 1. The zero-order valence-corrected chi connectivity index (χ0v) is 20.8. The van der Waals surface area contributed by atoms with Gasteiger partial charge in [0.15, 0.2) is 5.88 Å². The van der Waals surface area contributed by atoms with E-state index in [0.717, 1.165) is 10.9 Å². The van der Waals surface area contributed by atoms with Crippen molar-refractivity contribution in [2.45, 2.75) is 0 Å². The molecule has 4 aromatic rings. The molecule has 0 atom stereocenters. The van der Waals surface area contributed by atoms with Gasteiger partial charge < -0.3 is 24.6 Å². The molecule has 4 rings (SSSR count). The van der Waals surface area contributed by atoms with Crippen molar-refractivity contribution in [3.8, 4) is 11.6 Å². The van der Waals surface area contributed by atoms with Crippen molar-refractivity contribution >= 4 is 45.5 Å². The first kappa shape index (κ1) is 24.3. The van der Waals surface area contributed by atoms with Gasteiger partial charge in [-0.05, 0) is 38.4 Å². The highest BCUT2D eigenvalue weighted by Gasteiger charge is 2.20. The number of likely N-dealkylation sites (N-methyl/N-ethyl adjacent to an activating group) is 2. The molecule has 180 valence electrons. The third-order valence-electron chi connectivity index (χ3n) is 5.62. The van der Waals surface area contributed by atoms with Crippen molar-refractivity contribution in [1.82, 2.24) is 9.88 Å². The second kappa shape index (κ2) is 10.2. The molecule has 8 heteroatoms. The standard InChI is InChI=1S/C27H27ClN4O3/c1-31(2)16-24(33)32(3)22-13-11-19(15-23(22)35-4)29-26(17-8-6-5-7-9-17)25-20-12-10-18(28)14-21(20)30-27(25)34/h5-15,30,34H,16H2,1-4H3. The summed E-state index contributed by atoms with van der Waals surface area (Å²) in [5, 5.41) is 12.2. The van der Waals surface area contributed by atoms with E-state index in [1.54, 1.807) is 37.3 Å². The van der Waals surface area contributed by atoms with Crippen LogP contribution in [0.3, 0.4) is 0 Å². The average Bonchev–Trinajstić information content (AvgIpc) is 3.16. The lowest BCUT2D eigenvalue weighted by Gasteiger charge is -2.22. The number of hydrogen-bond acceptors (Lipinski definition) is 5. The van der Waals surface area contributed by atoms with Crippen molar-refractivity contribution in [2.24, 2.45) is 4.99 Å². The monoisotopic (exact) mass is 490 g/mol. The number of anilines is 1. The molecule has 0 aliphatic carbocycles. The Morgan fingerprint density at radius 2 is 1.80 bits per heavy atom. The molecule has 35 heavy (non-hydrogen) atoms. The number of fused-ring (bicyclic) bond motifs is 1. The second-order valence-electron chi connectivity index (χ2n) is 8.41. The quantitative estimate of drug-likeness (QED) is 0.348.